The van der Waals surface area contributed by atoms with E-state index in [0.29, 0.717) is 29.3 Å². The molecule has 0 fully saturated rings. The number of hydrogen-bond donors (Lipinski definition) is 0. The average molecular weight is 1570 g/mol. The number of pyridine rings is 2. The van der Waals surface area contributed by atoms with Crippen molar-refractivity contribution in [3.8, 4) is 46.2 Å². The molecule has 15 heteroatoms. The van der Waals surface area contributed by atoms with Crippen molar-refractivity contribution in [2.75, 3.05) is 19.6 Å². The Morgan fingerprint density at radius 2 is 0.766 bits per heavy atom. The number of nitrogens with zero attached hydrogens (tertiary/aromatic N) is 8. The molecule has 0 bridgehead atoms. The summed E-state index contributed by atoms with van der Waals surface area (Å²) in [6.45, 7) is 13.3. The fourth-order valence-corrected chi connectivity index (χ4v) is 15.5. The maximum absolute atomic E-state index is 6.42. The second kappa shape index (κ2) is 26.6. The Morgan fingerprint density at radius 3 is 1.26 bits per heavy atom. The summed E-state index contributed by atoms with van der Waals surface area (Å²) >= 11 is 0. The molecule has 4 aromatic heterocycles. The number of rotatable bonds is 10. The van der Waals surface area contributed by atoms with E-state index >= 15 is 0 Å². The van der Waals surface area contributed by atoms with Crippen LogP contribution in [0.4, 0.5) is 68.2 Å². The van der Waals surface area contributed by atoms with Gasteiger partial charge in [0.15, 0.2) is 5.58 Å². The molecule has 4 aliphatic rings. The molecule has 16 aromatic rings. The molecule has 0 atom stereocenters. The van der Waals surface area contributed by atoms with Crippen LogP contribution in [0.3, 0.4) is 0 Å². The number of oxazole rings is 2. The van der Waals surface area contributed by atoms with Gasteiger partial charge < -0.3 is 37.9 Å². The van der Waals surface area contributed by atoms with Crippen molar-refractivity contribution in [1.29, 1.82) is 0 Å². The number of benzene rings is 12. The van der Waals surface area contributed by atoms with Crippen LogP contribution in [0.1, 0.15) is 52.7 Å². The third kappa shape index (κ3) is 11.8. The summed E-state index contributed by atoms with van der Waals surface area (Å²) in [6.07, 6.45) is 3.49. The van der Waals surface area contributed by atoms with E-state index in [0.717, 1.165) is 129 Å². The van der Waals surface area contributed by atoms with Gasteiger partial charge in [0.25, 0.3) is 6.71 Å². The summed E-state index contributed by atoms with van der Waals surface area (Å²) in [6, 6.07) is 108. The number of para-hydroxylation sites is 8. The van der Waals surface area contributed by atoms with Gasteiger partial charge in [0.1, 0.15) is 22.7 Å². The quantitative estimate of drug-likeness (QED) is 0.0961. The molecule has 20 rings (SSSR count). The van der Waals surface area contributed by atoms with Crippen molar-refractivity contribution < 1.29 is 39.4 Å². The summed E-state index contributed by atoms with van der Waals surface area (Å²) in [5, 5.41) is 0. The first-order valence-electron chi connectivity index (χ1n) is 35.9. The molecule has 0 amide bonds. The molecule has 0 spiro atoms. The van der Waals surface area contributed by atoms with Crippen molar-refractivity contribution >= 4 is 137 Å². The van der Waals surface area contributed by atoms with E-state index in [1.54, 1.807) is 12.4 Å². The minimum absolute atomic E-state index is 0. The van der Waals surface area contributed by atoms with Crippen LogP contribution >= 0.6 is 0 Å². The Morgan fingerprint density at radius 1 is 0.355 bits per heavy atom. The second-order valence-electron chi connectivity index (χ2n) is 29.2. The molecule has 516 valence electrons. The second-order valence-corrected chi connectivity index (χ2v) is 29.2. The van der Waals surface area contributed by atoms with Gasteiger partial charge in [0, 0.05) is 92.7 Å². The minimum Gasteiger partial charge on any atom is -0.481 e. The van der Waals surface area contributed by atoms with E-state index in [4.69, 9.17) is 28.3 Å². The average Bonchev–Trinajstić information content (AvgIpc) is 0.871. The molecule has 0 radical (unpaired) electrons. The topological polar surface area (TPSA) is 109 Å². The van der Waals surface area contributed by atoms with E-state index in [2.05, 4.69) is 283 Å². The molecule has 12 nitrogen and oxygen atoms in total. The van der Waals surface area contributed by atoms with E-state index in [-0.39, 0.29) is 45.3 Å². The number of fused-ring (bicyclic) bond motifs is 10. The largest absolute Gasteiger partial charge is 2.00 e. The van der Waals surface area contributed by atoms with Gasteiger partial charge in [-0.15, -0.1) is 41.9 Å². The van der Waals surface area contributed by atoms with Crippen molar-refractivity contribution in [2.24, 2.45) is 0 Å². The molecular weight excluding hydrogens is 1500 g/mol. The van der Waals surface area contributed by atoms with Crippen LogP contribution in [0.5, 0.6) is 23.3 Å². The first-order valence-corrected chi connectivity index (χ1v) is 35.9. The predicted molar refractivity (Wildman–Crippen MR) is 431 cm³/mol. The maximum atomic E-state index is 6.42. The van der Waals surface area contributed by atoms with Crippen LogP contribution in [0.2, 0.25) is 0 Å². The summed E-state index contributed by atoms with van der Waals surface area (Å²) in [4.78, 5) is 28.3. The van der Waals surface area contributed by atoms with Crippen molar-refractivity contribution in [3.63, 3.8) is 0 Å². The minimum atomic E-state index is -0.240. The molecule has 0 saturated carbocycles. The summed E-state index contributed by atoms with van der Waals surface area (Å²) < 4.78 is 25.4. The zero-order valence-corrected chi connectivity index (χ0v) is 61.8. The molecule has 12 aromatic carbocycles. The third-order valence-electron chi connectivity index (χ3n) is 20.4. The number of anilines is 12. The maximum Gasteiger partial charge on any atom is 2.00 e. The van der Waals surface area contributed by atoms with Gasteiger partial charge in [-0.1, -0.05) is 168 Å². The van der Waals surface area contributed by atoms with E-state index in [1.165, 1.54) is 22.1 Å². The molecule has 0 saturated heterocycles. The van der Waals surface area contributed by atoms with Gasteiger partial charge in [-0.25, -0.2) is 15.0 Å². The summed E-state index contributed by atoms with van der Waals surface area (Å²) in [7, 11) is 0. The monoisotopic (exact) mass is 1570 g/mol. The Balaban J connectivity index is 0.000000150. The van der Waals surface area contributed by atoms with Gasteiger partial charge in [-0.2, -0.15) is 5.46 Å². The van der Waals surface area contributed by atoms with Crippen molar-refractivity contribution in [2.45, 2.75) is 52.4 Å². The van der Waals surface area contributed by atoms with Crippen LogP contribution in [0.15, 0.2) is 312 Å². The van der Waals surface area contributed by atoms with Gasteiger partial charge >= 0.3 is 21.1 Å². The molecule has 0 N–H and O–H groups in total. The molecule has 0 aliphatic carbocycles. The van der Waals surface area contributed by atoms with Gasteiger partial charge in [-0.3, -0.25) is 4.98 Å². The smallest absolute Gasteiger partial charge is 0.481 e. The zero-order chi connectivity index (χ0) is 71.4. The van der Waals surface area contributed by atoms with E-state index < -0.39 is 0 Å². The van der Waals surface area contributed by atoms with Crippen molar-refractivity contribution in [1.82, 2.24) is 19.9 Å². The van der Waals surface area contributed by atoms with E-state index in [1.807, 2.05) is 91.0 Å². The fraction of sp³-hybridized carbons (Fsp3) is 0.0870. The third-order valence-corrected chi connectivity index (χ3v) is 20.4. The molecule has 0 unspecified atom stereocenters. The molecular formula is C92H68B2N8O4Pt. The first-order chi connectivity index (χ1) is 51.8. The SMILES string of the molecule is CC(C)(C)c1cc2c3c(c1)N(c1ccccc1)c1ccc(-c4nc5ccccc5o4)[c-]c1B3c1[c-]c(Oc3ccccn3)ccc1N2c1ccccc1.CC(C)(C)c1cc2c3c(c1)N(c1ccccc1)c1ccc(-c4nc5ccccc5o4)cc1B3c1cc(Oc3ccccn3)ccc1N2c1ccccc1.[Pt+2]. The molecule has 107 heavy (non-hydrogen) atoms. The molecule has 8 heterocycles. The zero-order valence-electron chi connectivity index (χ0n) is 59.5. The van der Waals surface area contributed by atoms with Crippen molar-refractivity contribution in [3.05, 3.63) is 327 Å². The summed E-state index contributed by atoms with van der Waals surface area (Å²) in [5.41, 5.74) is 27.0. The van der Waals surface area contributed by atoms with Crippen LogP contribution in [-0.4, -0.2) is 33.4 Å². The van der Waals surface area contributed by atoms with Crippen LogP contribution in [0, 0.1) is 12.1 Å². The Labute approximate surface area is 636 Å². The fourth-order valence-electron chi connectivity index (χ4n) is 15.5. The number of aromatic nitrogens is 4. The summed E-state index contributed by atoms with van der Waals surface area (Å²) in [5.74, 6) is 3.52. The number of ether oxygens (including phenoxy) is 2. The van der Waals surface area contributed by atoms with Crippen LogP contribution in [0.25, 0.3) is 45.1 Å². The Hall–Kier alpha value is -12.5. The van der Waals surface area contributed by atoms with E-state index in [9.17, 15) is 0 Å². The first kappa shape index (κ1) is 66.4. The van der Waals surface area contributed by atoms with Gasteiger partial charge in [-0.05, 0) is 189 Å². The Bertz CT molecular complexity index is 5590. The Kier molecular flexibility index (Phi) is 16.5. The van der Waals surface area contributed by atoms with Crippen LogP contribution < -0.4 is 61.9 Å². The van der Waals surface area contributed by atoms with Gasteiger partial charge in [0.2, 0.25) is 24.4 Å². The number of hydrogen-bond acceptors (Lipinski definition) is 12. The standard InChI is InChI=1S/C46H35BN4O2.C46H33BN4O2.Pt/c2*1-46(2,3)31-27-40-44-41(28-31)51(33-16-8-5-9-17-33)39-24-22-34(52-43-20-12-13-25-48-43)29-36(39)47(44)35-26-30(45-49-37-18-10-11-19-42(37)53-45)21-23-38(35)50(40)32-14-6-4-7-15-32;/h4-29H,1-3H3;4-25,27-28H,1-3H3;/q;-2;+2. The van der Waals surface area contributed by atoms with Gasteiger partial charge in [0.05, 0.1) is 5.52 Å². The molecule has 4 aliphatic heterocycles. The predicted octanol–water partition coefficient (Wildman–Crippen LogP) is 19.7. The normalized spacial score (nSPS) is 13.0. The van der Waals surface area contributed by atoms with Crippen LogP contribution in [-0.2, 0) is 31.9 Å².